The number of aliphatic hydroxyl groups excluding tert-OH is 2. The number of carbonyl (C=O) groups excluding carboxylic acids is 1. The molecule has 5 heteroatoms. The van der Waals surface area contributed by atoms with Gasteiger partial charge in [-0.2, -0.15) is 0 Å². The van der Waals surface area contributed by atoms with Crippen molar-refractivity contribution >= 4 is 11.8 Å². The van der Waals surface area contributed by atoms with Crippen LogP contribution in [0.25, 0.3) is 0 Å². The van der Waals surface area contributed by atoms with Crippen molar-refractivity contribution in [2.75, 3.05) is 0 Å². The van der Waals surface area contributed by atoms with E-state index >= 15 is 0 Å². The van der Waals surface area contributed by atoms with Crippen molar-refractivity contribution in [3.63, 3.8) is 0 Å². The number of aliphatic hydroxyl groups is 2. The van der Waals surface area contributed by atoms with Crippen LogP contribution in [-0.4, -0.2) is 39.3 Å². The van der Waals surface area contributed by atoms with Gasteiger partial charge >= 0.3 is 5.97 Å². The minimum absolute atomic E-state index is 0.0397. The summed E-state index contributed by atoms with van der Waals surface area (Å²) >= 11 is 0. The van der Waals surface area contributed by atoms with Crippen molar-refractivity contribution in [3.05, 3.63) is 24.3 Å². The molecule has 5 nitrogen and oxygen atoms in total. The van der Waals surface area contributed by atoms with Gasteiger partial charge in [-0.05, 0) is 26.2 Å². The molecule has 21 heavy (non-hydrogen) atoms. The lowest BCUT2D eigenvalue weighted by Crippen LogP contribution is -2.18. The third kappa shape index (κ3) is 6.23. The van der Waals surface area contributed by atoms with Crippen molar-refractivity contribution in [2.45, 2.75) is 51.2 Å². The molecule has 1 rings (SSSR count). The van der Waals surface area contributed by atoms with Gasteiger partial charge in [-0.25, -0.2) is 0 Å². The Labute approximate surface area is 125 Å². The summed E-state index contributed by atoms with van der Waals surface area (Å²) < 4.78 is 0. The summed E-state index contributed by atoms with van der Waals surface area (Å²) in [6.45, 7) is 1.62. The molecular weight excluding hydrogens is 272 g/mol. The second-order valence-electron chi connectivity index (χ2n) is 5.54. The van der Waals surface area contributed by atoms with Gasteiger partial charge in [0.05, 0.1) is 12.2 Å². The molecule has 0 bridgehead atoms. The zero-order valence-corrected chi connectivity index (χ0v) is 12.3. The van der Waals surface area contributed by atoms with Crippen LogP contribution in [0, 0.1) is 11.8 Å². The molecule has 0 unspecified atom stereocenters. The van der Waals surface area contributed by atoms with E-state index in [0.29, 0.717) is 19.3 Å². The van der Waals surface area contributed by atoms with E-state index in [2.05, 4.69) is 0 Å². The van der Waals surface area contributed by atoms with Crippen molar-refractivity contribution in [1.82, 2.24) is 0 Å². The minimum Gasteiger partial charge on any atom is -0.481 e. The van der Waals surface area contributed by atoms with Gasteiger partial charge in [0.15, 0.2) is 0 Å². The third-order valence-corrected chi connectivity index (χ3v) is 3.66. The highest BCUT2D eigenvalue weighted by atomic mass is 16.4. The van der Waals surface area contributed by atoms with Crippen LogP contribution < -0.4 is 0 Å². The van der Waals surface area contributed by atoms with Crippen molar-refractivity contribution in [1.29, 1.82) is 0 Å². The first kappa shape index (κ1) is 17.6. The molecule has 1 saturated carbocycles. The van der Waals surface area contributed by atoms with Crippen LogP contribution in [0.1, 0.15) is 39.0 Å². The van der Waals surface area contributed by atoms with E-state index in [0.717, 1.165) is 0 Å². The number of Topliss-reactive ketones (excluding diaryl/α,β-unsaturated/α-hetero) is 1. The van der Waals surface area contributed by atoms with Gasteiger partial charge in [0.2, 0.25) is 0 Å². The van der Waals surface area contributed by atoms with Crippen LogP contribution in [0.2, 0.25) is 0 Å². The lowest BCUT2D eigenvalue weighted by Gasteiger charge is -2.16. The number of aliphatic carboxylic acids is 1. The average Bonchev–Trinajstić information content (AvgIpc) is 2.65. The Morgan fingerprint density at radius 2 is 2.14 bits per heavy atom. The first-order chi connectivity index (χ1) is 9.91. The molecule has 1 fully saturated rings. The standard InChI is InChI=1S/C16H24O5/c1-11(17)8-9-13-12(14(18)10-15(13)19)6-4-2-3-5-7-16(20)21/h2,4,8-9,11-13,15,17,19H,3,5-7,10H2,1H3,(H,20,21)/b4-2-,9-8+/t11-,12+,13+,15+/m0/s1. The van der Waals surface area contributed by atoms with Crippen LogP contribution in [0.3, 0.4) is 0 Å². The number of carboxylic acid groups (broad SMARTS) is 1. The molecule has 1 aliphatic carbocycles. The van der Waals surface area contributed by atoms with Crippen LogP contribution in [0.4, 0.5) is 0 Å². The van der Waals surface area contributed by atoms with Gasteiger partial charge < -0.3 is 15.3 Å². The minimum atomic E-state index is -0.805. The lowest BCUT2D eigenvalue weighted by atomic mass is 9.90. The highest BCUT2D eigenvalue weighted by Gasteiger charge is 2.39. The van der Waals surface area contributed by atoms with Gasteiger partial charge in [0.25, 0.3) is 0 Å². The molecule has 4 atom stereocenters. The summed E-state index contributed by atoms with van der Waals surface area (Å²) in [6.07, 6.45) is 7.90. The second-order valence-corrected chi connectivity index (χ2v) is 5.54. The fraction of sp³-hybridized carbons (Fsp3) is 0.625. The summed E-state index contributed by atoms with van der Waals surface area (Å²) in [5.74, 6) is -1.28. The third-order valence-electron chi connectivity index (χ3n) is 3.66. The number of rotatable bonds is 8. The van der Waals surface area contributed by atoms with E-state index in [1.165, 1.54) is 0 Å². The maximum Gasteiger partial charge on any atom is 0.303 e. The quantitative estimate of drug-likeness (QED) is 0.468. The molecule has 0 spiro atoms. The topological polar surface area (TPSA) is 94.8 Å². The highest BCUT2D eigenvalue weighted by Crippen LogP contribution is 2.33. The molecule has 0 aromatic rings. The highest BCUT2D eigenvalue weighted by molar-refractivity contribution is 5.84. The molecule has 0 amide bonds. The maximum absolute atomic E-state index is 11.9. The summed E-state index contributed by atoms with van der Waals surface area (Å²) in [5, 5.41) is 27.7. The first-order valence-electron chi connectivity index (χ1n) is 7.35. The SMILES string of the molecule is C[C@H](O)/C=C/[C@H]1[C@H](O)CC(=O)[C@@H]1C/C=C\CCCC(=O)O. The van der Waals surface area contributed by atoms with Crippen LogP contribution in [-0.2, 0) is 9.59 Å². The molecule has 1 aliphatic rings. The molecular formula is C16H24O5. The van der Waals surface area contributed by atoms with Crippen molar-refractivity contribution < 1.29 is 24.9 Å². The van der Waals surface area contributed by atoms with E-state index in [-0.39, 0.29) is 30.5 Å². The number of hydrogen-bond donors (Lipinski definition) is 3. The van der Waals surface area contributed by atoms with Gasteiger partial charge in [0.1, 0.15) is 5.78 Å². The Bertz CT molecular complexity index is 411. The first-order valence-corrected chi connectivity index (χ1v) is 7.35. The fourth-order valence-electron chi connectivity index (χ4n) is 2.55. The normalized spacial score (nSPS) is 27.8. The molecule has 0 saturated heterocycles. The summed E-state index contributed by atoms with van der Waals surface area (Å²) in [6, 6.07) is 0. The molecule has 118 valence electrons. The zero-order chi connectivity index (χ0) is 15.8. The van der Waals surface area contributed by atoms with Gasteiger partial charge in [-0.3, -0.25) is 9.59 Å². The number of hydrogen-bond acceptors (Lipinski definition) is 4. The molecule has 0 aliphatic heterocycles. The van der Waals surface area contributed by atoms with E-state index < -0.39 is 18.2 Å². The Hall–Kier alpha value is -1.46. The number of carboxylic acids is 1. The van der Waals surface area contributed by atoms with Gasteiger partial charge in [0, 0.05) is 24.7 Å². The number of carbonyl (C=O) groups is 2. The second kappa shape index (κ2) is 8.74. The monoisotopic (exact) mass is 296 g/mol. The molecule has 0 aromatic heterocycles. The lowest BCUT2D eigenvalue weighted by molar-refractivity contribution is -0.137. The Balaban J connectivity index is 2.48. The fourth-order valence-corrected chi connectivity index (χ4v) is 2.55. The molecule has 0 aromatic carbocycles. The predicted octanol–water partition coefficient (Wildman–Crippen LogP) is 1.69. The molecule has 3 N–H and O–H groups in total. The maximum atomic E-state index is 11.9. The van der Waals surface area contributed by atoms with E-state index in [1.54, 1.807) is 19.1 Å². The largest absolute Gasteiger partial charge is 0.481 e. The van der Waals surface area contributed by atoms with Crippen LogP contribution in [0.5, 0.6) is 0 Å². The Morgan fingerprint density at radius 3 is 2.76 bits per heavy atom. The molecule has 0 radical (unpaired) electrons. The Morgan fingerprint density at radius 1 is 1.43 bits per heavy atom. The molecule has 0 heterocycles. The van der Waals surface area contributed by atoms with E-state index in [4.69, 9.17) is 5.11 Å². The smallest absolute Gasteiger partial charge is 0.303 e. The summed E-state index contributed by atoms with van der Waals surface area (Å²) in [5.41, 5.74) is 0. The van der Waals surface area contributed by atoms with Crippen LogP contribution >= 0.6 is 0 Å². The van der Waals surface area contributed by atoms with E-state index in [1.807, 2.05) is 12.2 Å². The van der Waals surface area contributed by atoms with Crippen molar-refractivity contribution in [2.24, 2.45) is 11.8 Å². The number of ketones is 1. The van der Waals surface area contributed by atoms with Gasteiger partial charge in [-0.15, -0.1) is 0 Å². The van der Waals surface area contributed by atoms with Gasteiger partial charge in [-0.1, -0.05) is 24.3 Å². The average molecular weight is 296 g/mol. The summed E-state index contributed by atoms with van der Waals surface area (Å²) in [4.78, 5) is 22.2. The zero-order valence-electron chi connectivity index (χ0n) is 12.3. The Kier molecular flexibility index (Phi) is 7.32. The van der Waals surface area contributed by atoms with Crippen molar-refractivity contribution in [3.8, 4) is 0 Å². The number of unbranched alkanes of at least 4 members (excludes halogenated alkanes) is 1. The number of allylic oxidation sites excluding steroid dienone is 2. The van der Waals surface area contributed by atoms with E-state index in [9.17, 15) is 19.8 Å². The van der Waals surface area contributed by atoms with Crippen LogP contribution in [0.15, 0.2) is 24.3 Å². The summed E-state index contributed by atoms with van der Waals surface area (Å²) in [7, 11) is 0. The predicted molar refractivity (Wildman–Crippen MR) is 78.7 cm³/mol.